The SMILES string of the molecule is NC(=O)CC(NC(=O)C(N)Cc1c[nH]c2ccccc12)C(=O)NC(CCCN=C(N)N)C(=O)NC(CS)C(=O)O. The van der Waals surface area contributed by atoms with E-state index in [1.807, 2.05) is 24.3 Å². The number of rotatable bonds is 16. The Balaban J connectivity index is 2.14. The number of hydrogen-bond acceptors (Lipinski definition) is 8. The van der Waals surface area contributed by atoms with Gasteiger partial charge in [0.05, 0.1) is 12.5 Å². The first kappa shape index (κ1) is 31.9. The number of primary amides is 1. The number of carbonyl (C=O) groups is 5. The van der Waals surface area contributed by atoms with Crippen molar-refractivity contribution >= 4 is 59.1 Å². The fourth-order valence-electron chi connectivity index (χ4n) is 3.82. The van der Waals surface area contributed by atoms with Crippen molar-refractivity contribution < 1.29 is 29.1 Å². The number of para-hydroxylation sites is 1. The van der Waals surface area contributed by atoms with Crippen LogP contribution in [0.3, 0.4) is 0 Å². The molecule has 0 bridgehead atoms. The molecule has 4 atom stereocenters. The summed E-state index contributed by atoms with van der Waals surface area (Å²) < 4.78 is 0. The van der Waals surface area contributed by atoms with Crippen LogP contribution in [0.25, 0.3) is 10.9 Å². The van der Waals surface area contributed by atoms with Crippen molar-refractivity contribution in [3.63, 3.8) is 0 Å². The molecule has 218 valence electrons. The largest absolute Gasteiger partial charge is 0.480 e. The van der Waals surface area contributed by atoms with Gasteiger partial charge in [0.25, 0.3) is 0 Å². The first-order chi connectivity index (χ1) is 18.9. The minimum atomic E-state index is -1.45. The van der Waals surface area contributed by atoms with E-state index >= 15 is 0 Å². The van der Waals surface area contributed by atoms with Crippen molar-refractivity contribution in [2.45, 2.75) is 49.9 Å². The van der Waals surface area contributed by atoms with Crippen LogP contribution < -0.4 is 38.9 Å². The summed E-state index contributed by atoms with van der Waals surface area (Å²) in [6.45, 7) is 0.126. The van der Waals surface area contributed by atoms with Crippen LogP contribution in [0, 0.1) is 0 Å². The molecule has 0 aliphatic carbocycles. The molecule has 15 nitrogen and oxygen atoms in total. The van der Waals surface area contributed by atoms with Crippen molar-refractivity contribution in [1.29, 1.82) is 0 Å². The van der Waals surface area contributed by atoms with Gasteiger partial charge >= 0.3 is 5.97 Å². The maximum Gasteiger partial charge on any atom is 0.327 e. The number of fused-ring (bicyclic) bond motifs is 1. The number of nitrogens with two attached hydrogens (primary N) is 4. The molecule has 0 radical (unpaired) electrons. The molecule has 1 aromatic carbocycles. The monoisotopic (exact) mass is 577 g/mol. The smallest absolute Gasteiger partial charge is 0.327 e. The van der Waals surface area contributed by atoms with E-state index in [1.165, 1.54) is 0 Å². The number of nitrogens with zero attached hydrogens (tertiary/aromatic N) is 1. The van der Waals surface area contributed by atoms with Crippen LogP contribution in [0.2, 0.25) is 0 Å². The van der Waals surface area contributed by atoms with Gasteiger partial charge in [-0.2, -0.15) is 12.6 Å². The molecule has 0 aliphatic rings. The van der Waals surface area contributed by atoms with Crippen LogP contribution in [0.4, 0.5) is 0 Å². The average Bonchev–Trinajstić information content (AvgIpc) is 3.30. The minimum absolute atomic E-state index is 0.00454. The topological polar surface area (TPSA) is 274 Å². The van der Waals surface area contributed by atoms with Crippen LogP contribution in [0.15, 0.2) is 35.5 Å². The Hall–Kier alpha value is -4.31. The second-order valence-electron chi connectivity index (χ2n) is 8.99. The van der Waals surface area contributed by atoms with E-state index in [1.54, 1.807) is 6.20 Å². The van der Waals surface area contributed by atoms with Gasteiger partial charge in [-0.1, -0.05) is 18.2 Å². The van der Waals surface area contributed by atoms with E-state index in [0.29, 0.717) is 0 Å². The zero-order valence-corrected chi connectivity index (χ0v) is 22.5. The Kier molecular flexibility index (Phi) is 12.2. The number of guanidine groups is 1. The van der Waals surface area contributed by atoms with Crippen LogP contribution >= 0.6 is 12.6 Å². The lowest BCUT2D eigenvalue weighted by atomic mass is 10.0. The molecule has 0 fully saturated rings. The molecule has 1 heterocycles. The number of aromatic amines is 1. The van der Waals surface area contributed by atoms with Gasteiger partial charge in [-0.15, -0.1) is 0 Å². The third kappa shape index (κ3) is 9.77. The highest BCUT2D eigenvalue weighted by Crippen LogP contribution is 2.18. The van der Waals surface area contributed by atoms with Crippen LogP contribution in [-0.4, -0.2) is 82.1 Å². The summed E-state index contributed by atoms with van der Waals surface area (Å²) in [4.78, 5) is 68.8. The first-order valence-corrected chi connectivity index (χ1v) is 12.9. The van der Waals surface area contributed by atoms with Gasteiger partial charge in [0.1, 0.15) is 18.1 Å². The molecular weight excluding hydrogens is 542 g/mol. The van der Waals surface area contributed by atoms with Gasteiger partial charge in [0.2, 0.25) is 23.6 Å². The highest BCUT2D eigenvalue weighted by molar-refractivity contribution is 7.80. The number of amides is 4. The molecule has 0 saturated heterocycles. The lowest BCUT2D eigenvalue weighted by Crippen LogP contribution is -2.58. The molecule has 1 aromatic heterocycles. The van der Waals surface area contributed by atoms with Gasteiger partial charge < -0.3 is 49.0 Å². The summed E-state index contributed by atoms with van der Waals surface area (Å²) in [5, 5.41) is 17.3. The van der Waals surface area contributed by atoms with Gasteiger partial charge in [0.15, 0.2) is 5.96 Å². The van der Waals surface area contributed by atoms with E-state index in [4.69, 9.17) is 22.9 Å². The zero-order chi connectivity index (χ0) is 29.8. The third-order valence-corrected chi connectivity index (χ3v) is 6.23. The Morgan fingerprint density at radius 2 is 1.57 bits per heavy atom. The molecule has 0 spiro atoms. The molecule has 13 N–H and O–H groups in total. The number of thiol groups is 1. The number of aromatic nitrogens is 1. The highest BCUT2D eigenvalue weighted by atomic mass is 32.1. The van der Waals surface area contributed by atoms with Crippen molar-refractivity contribution in [3.05, 3.63) is 36.0 Å². The molecule has 16 heteroatoms. The number of carboxylic acids is 1. The fraction of sp³-hybridized carbons (Fsp3) is 0.417. The summed E-state index contributed by atoms with van der Waals surface area (Å²) in [6, 6.07) is 2.34. The number of H-pyrrole nitrogens is 1. The molecule has 4 amide bonds. The van der Waals surface area contributed by atoms with E-state index in [-0.39, 0.29) is 37.5 Å². The van der Waals surface area contributed by atoms with Gasteiger partial charge in [-0.05, 0) is 30.9 Å². The Bertz CT molecular complexity index is 1250. The lowest BCUT2D eigenvalue weighted by Gasteiger charge is -2.24. The maximum absolute atomic E-state index is 13.1. The summed E-state index contributed by atoms with van der Waals surface area (Å²) in [7, 11) is 0. The third-order valence-electron chi connectivity index (χ3n) is 5.87. The van der Waals surface area contributed by atoms with Gasteiger partial charge in [-0.3, -0.25) is 24.2 Å². The van der Waals surface area contributed by atoms with Crippen molar-refractivity contribution in [2.75, 3.05) is 12.3 Å². The van der Waals surface area contributed by atoms with Crippen molar-refractivity contribution in [3.8, 4) is 0 Å². The van der Waals surface area contributed by atoms with Gasteiger partial charge in [0, 0.05) is 29.4 Å². The summed E-state index contributed by atoms with van der Waals surface area (Å²) in [5.41, 5.74) is 23.6. The molecular formula is C24H35N9O6S. The zero-order valence-electron chi connectivity index (χ0n) is 21.6. The molecule has 2 rings (SSSR count). The summed E-state index contributed by atoms with van der Waals surface area (Å²) >= 11 is 3.91. The van der Waals surface area contributed by atoms with Gasteiger partial charge in [-0.25, -0.2) is 4.79 Å². The van der Waals surface area contributed by atoms with E-state index in [0.717, 1.165) is 16.5 Å². The first-order valence-electron chi connectivity index (χ1n) is 12.3. The Morgan fingerprint density at radius 3 is 2.20 bits per heavy atom. The predicted octanol–water partition coefficient (Wildman–Crippen LogP) is -2.56. The summed E-state index contributed by atoms with van der Waals surface area (Å²) in [6.07, 6.45) is 1.53. The van der Waals surface area contributed by atoms with Crippen molar-refractivity contribution in [2.24, 2.45) is 27.9 Å². The second kappa shape index (κ2) is 15.3. The number of hydrogen-bond donors (Lipinski definition) is 10. The molecule has 0 aliphatic heterocycles. The Labute approximate surface area is 235 Å². The highest BCUT2D eigenvalue weighted by Gasteiger charge is 2.31. The number of aliphatic imine (C=N–C) groups is 1. The van der Waals surface area contributed by atoms with E-state index in [2.05, 4.69) is 38.6 Å². The quantitative estimate of drug-likeness (QED) is 0.0434. The van der Waals surface area contributed by atoms with E-state index in [9.17, 15) is 29.1 Å². The standard InChI is InChI=1S/C24H35N9O6S/c25-14(8-12-10-30-15-5-2-1-4-13(12)15)20(35)32-17(9-19(26)34)22(37)31-16(6-3-7-29-24(27)28)21(36)33-18(11-40)23(38)39/h1-2,4-5,10,14,16-18,30,40H,3,6-9,11,25H2,(H2,26,34)(H,31,37)(H,32,35)(H,33,36)(H,38,39)(H4,27,28,29). The minimum Gasteiger partial charge on any atom is -0.480 e. The van der Waals surface area contributed by atoms with Crippen molar-refractivity contribution in [1.82, 2.24) is 20.9 Å². The number of benzene rings is 1. The van der Waals surface area contributed by atoms with Crippen LogP contribution in [-0.2, 0) is 30.4 Å². The number of nitrogens with one attached hydrogen (secondary N) is 4. The molecule has 0 saturated carbocycles. The number of carbonyl (C=O) groups excluding carboxylic acids is 4. The predicted molar refractivity (Wildman–Crippen MR) is 151 cm³/mol. The number of carboxylic acid groups (broad SMARTS) is 1. The lowest BCUT2D eigenvalue weighted by molar-refractivity contribution is -0.141. The fourth-order valence-corrected chi connectivity index (χ4v) is 4.07. The molecule has 4 unspecified atom stereocenters. The van der Waals surface area contributed by atoms with E-state index < -0.39 is 60.2 Å². The summed E-state index contributed by atoms with van der Waals surface area (Å²) in [5.74, 6) is -5.02. The Morgan fingerprint density at radius 1 is 0.950 bits per heavy atom. The van der Waals surface area contributed by atoms with Crippen LogP contribution in [0.1, 0.15) is 24.8 Å². The molecule has 40 heavy (non-hydrogen) atoms. The van der Waals surface area contributed by atoms with Crippen LogP contribution in [0.5, 0.6) is 0 Å². The molecule has 2 aromatic rings. The maximum atomic E-state index is 13.1. The number of aliphatic carboxylic acids is 1. The average molecular weight is 578 g/mol. The normalized spacial score (nSPS) is 13.8. The second-order valence-corrected chi connectivity index (χ2v) is 9.36.